The first-order valence-corrected chi connectivity index (χ1v) is 7.84. The Morgan fingerprint density at radius 2 is 2.05 bits per heavy atom. The molecule has 0 atom stereocenters. The standard InChI is InChI=1S/C14H14Br2FN3O/c1-19(2)5-6-20-13(12(16)8-18-20)14(21)10-4-3-9(17)7-11(10)15/h3-4,7-8H,5-6H2,1-2H3. The fourth-order valence-electron chi connectivity index (χ4n) is 1.85. The van der Waals surface area contributed by atoms with Gasteiger partial charge in [-0.1, -0.05) is 0 Å². The van der Waals surface area contributed by atoms with Gasteiger partial charge in [-0.05, 0) is 64.2 Å². The second kappa shape index (κ2) is 6.81. The maximum atomic E-state index is 13.1. The highest BCUT2D eigenvalue weighted by Gasteiger charge is 2.21. The summed E-state index contributed by atoms with van der Waals surface area (Å²) in [6.07, 6.45) is 1.60. The van der Waals surface area contributed by atoms with E-state index in [0.717, 1.165) is 6.54 Å². The lowest BCUT2D eigenvalue weighted by Gasteiger charge is -2.12. The van der Waals surface area contributed by atoms with E-state index in [-0.39, 0.29) is 5.78 Å². The van der Waals surface area contributed by atoms with E-state index in [1.807, 2.05) is 19.0 Å². The molecule has 21 heavy (non-hydrogen) atoms. The number of hydrogen-bond acceptors (Lipinski definition) is 3. The zero-order valence-corrected chi connectivity index (χ0v) is 14.8. The minimum Gasteiger partial charge on any atom is -0.308 e. The van der Waals surface area contributed by atoms with Crippen molar-refractivity contribution in [2.45, 2.75) is 6.54 Å². The number of hydrogen-bond donors (Lipinski definition) is 0. The van der Waals surface area contributed by atoms with Crippen LogP contribution in [0.1, 0.15) is 16.1 Å². The molecule has 2 rings (SSSR count). The molecule has 1 aromatic heterocycles. The number of nitrogens with zero attached hydrogens (tertiary/aromatic N) is 3. The number of halogens is 3. The van der Waals surface area contributed by atoms with E-state index in [1.165, 1.54) is 18.2 Å². The Morgan fingerprint density at radius 1 is 1.33 bits per heavy atom. The number of carbonyl (C=O) groups is 1. The molecular weight excluding hydrogens is 405 g/mol. The Hall–Kier alpha value is -1.05. The van der Waals surface area contributed by atoms with Crippen LogP contribution < -0.4 is 0 Å². The van der Waals surface area contributed by atoms with Gasteiger partial charge < -0.3 is 4.90 Å². The van der Waals surface area contributed by atoms with E-state index in [9.17, 15) is 9.18 Å². The van der Waals surface area contributed by atoms with Crippen molar-refractivity contribution in [3.8, 4) is 0 Å². The lowest BCUT2D eigenvalue weighted by molar-refractivity contribution is 0.102. The topological polar surface area (TPSA) is 38.1 Å². The van der Waals surface area contributed by atoms with Crippen LogP contribution in [0, 0.1) is 5.82 Å². The molecule has 1 aromatic carbocycles. The number of aromatic nitrogens is 2. The molecule has 2 aromatic rings. The summed E-state index contributed by atoms with van der Waals surface area (Å²) in [4.78, 5) is 14.7. The molecule has 7 heteroatoms. The molecular formula is C14H14Br2FN3O. The van der Waals surface area contributed by atoms with Gasteiger partial charge in [0, 0.05) is 16.6 Å². The largest absolute Gasteiger partial charge is 0.308 e. The first-order valence-electron chi connectivity index (χ1n) is 6.26. The van der Waals surface area contributed by atoms with Gasteiger partial charge in [-0.25, -0.2) is 4.39 Å². The van der Waals surface area contributed by atoms with E-state index < -0.39 is 5.82 Å². The number of carbonyl (C=O) groups excluding carboxylic acids is 1. The molecule has 0 fully saturated rings. The SMILES string of the molecule is CN(C)CCn1ncc(Br)c1C(=O)c1ccc(F)cc1Br. The van der Waals surface area contributed by atoms with Crippen LogP contribution in [0.2, 0.25) is 0 Å². The smallest absolute Gasteiger partial charge is 0.213 e. The molecule has 4 nitrogen and oxygen atoms in total. The lowest BCUT2D eigenvalue weighted by atomic mass is 10.1. The van der Waals surface area contributed by atoms with Gasteiger partial charge in [0.1, 0.15) is 11.5 Å². The van der Waals surface area contributed by atoms with Gasteiger partial charge in [-0.2, -0.15) is 5.10 Å². The molecule has 0 saturated heterocycles. The quantitative estimate of drug-likeness (QED) is 0.699. The van der Waals surface area contributed by atoms with Gasteiger partial charge in [0.2, 0.25) is 5.78 Å². The van der Waals surface area contributed by atoms with Crippen LogP contribution in [0.15, 0.2) is 33.3 Å². The summed E-state index contributed by atoms with van der Waals surface area (Å²) in [7, 11) is 3.91. The second-order valence-corrected chi connectivity index (χ2v) is 6.53. The Kier molecular flexibility index (Phi) is 5.29. The van der Waals surface area contributed by atoms with Crippen molar-refractivity contribution in [3.05, 3.63) is 50.4 Å². The number of likely N-dealkylation sites (N-methyl/N-ethyl adjacent to an activating group) is 1. The van der Waals surface area contributed by atoms with Crippen LogP contribution in [-0.2, 0) is 6.54 Å². The summed E-state index contributed by atoms with van der Waals surface area (Å²) >= 11 is 6.58. The van der Waals surface area contributed by atoms with E-state index >= 15 is 0 Å². The van der Waals surface area contributed by atoms with Crippen molar-refractivity contribution >= 4 is 37.6 Å². The summed E-state index contributed by atoms with van der Waals surface area (Å²) in [5, 5.41) is 4.21. The summed E-state index contributed by atoms with van der Waals surface area (Å²) in [6, 6.07) is 4.02. The molecule has 0 radical (unpaired) electrons. The molecule has 1 heterocycles. The molecule has 0 unspecified atom stereocenters. The van der Waals surface area contributed by atoms with Gasteiger partial charge in [-0.15, -0.1) is 0 Å². The fourth-order valence-corrected chi connectivity index (χ4v) is 2.86. The van der Waals surface area contributed by atoms with Crippen LogP contribution >= 0.6 is 31.9 Å². The van der Waals surface area contributed by atoms with E-state index in [4.69, 9.17) is 0 Å². The molecule has 112 valence electrons. The van der Waals surface area contributed by atoms with Gasteiger partial charge in [-0.3, -0.25) is 9.48 Å². The lowest BCUT2D eigenvalue weighted by Crippen LogP contribution is -2.22. The van der Waals surface area contributed by atoms with Crippen LogP contribution in [0.4, 0.5) is 4.39 Å². The highest BCUT2D eigenvalue weighted by molar-refractivity contribution is 9.10. The third-order valence-electron chi connectivity index (χ3n) is 2.94. The van der Waals surface area contributed by atoms with Crippen LogP contribution in [0.25, 0.3) is 0 Å². The number of rotatable bonds is 5. The van der Waals surface area contributed by atoms with Crippen LogP contribution in [0.3, 0.4) is 0 Å². The predicted octanol–water partition coefficient (Wildman–Crippen LogP) is 3.34. The number of ketones is 1. The maximum absolute atomic E-state index is 13.1. The van der Waals surface area contributed by atoms with Crippen molar-refractivity contribution in [2.75, 3.05) is 20.6 Å². The fraction of sp³-hybridized carbons (Fsp3) is 0.286. The van der Waals surface area contributed by atoms with Crippen molar-refractivity contribution in [1.82, 2.24) is 14.7 Å². The predicted molar refractivity (Wildman–Crippen MR) is 86.0 cm³/mol. The van der Waals surface area contributed by atoms with Crippen molar-refractivity contribution < 1.29 is 9.18 Å². The third-order valence-corrected chi connectivity index (χ3v) is 4.18. The van der Waals surface area contributed by atoms with E-state index in [1.54, 1.807) is 10.9 Å². The molecule has 0 N–H and O–H groups in total. The Morgan fingerprint density at radius 3 is 2.67 bits per heavy atom. The molecule has 0 amide bonds. The summed E-state index contributed by atoms with van der Waals surface area (Å²) < 4.78 is 15.9. The first kappa shape index (κ1) is 16.3. The average Bonchev–Trinajstić information content (AvgIpc) is 2.77. The molecule has 0 spiro atoms. The zero-order valence-electron chi connectivity index (χ0n) is 11.6. The van der Waals surface area contributed by atoms with Crippen molar-refractivity contribution in [2.24, 2.45) is 0 Å². The summed E-state index contributed by atoms with van der Waals surface area (Å²) in [5.41, 5.74) is 0.868. The Balaban J connectivity index is 2.36. The van der Waals surface area contributed by atoms with E-state index in [2.05, 4.69) is 37.0 Å². The minimum absolute atomic E-state index is 0.204. The Labute approximate surface area is 139 Å². The molecule has 0 saturated carbocycles. The van der Waals surface area contributed by atoms with Gasteiger partial charge in [0.25, 0.3) is 0 Å². The van der Waals surface area contributed by atoms with E-state index in [0.29, 0.717) is 26.7 Å². The second-order valence-electron chi connectivity index (χ2n) is 4.82. The van der Waals surface area contributed by atoms with Crippen molar-refractivity contribution in [3.63, 3.8) is 0 Å². The Bertz CT molecular complexity index is 670. The van der Waals surface area contributed by atoms with Crippen LogP contribution in [-0.4, -0.2) is 41.1 Å². The van der Waals surface area contributed by atoms with Crippen LogP contribution in [0.5, 0.6) is 0 Å². The number of benzene rings is 1. The molecule has 0 aliphatic carbocycles. The molecule has 0 bridgehead atoms. The maximum Gasteiger partial charge on any atom is 0.213 e. The normalized spacial score (nSPS) is 11.1. The third kappa shape index (κ3) is 3.78. The highest BCUT2D eigenvalue weighted by Crippen LogP contribution is 2.25. The zero-order chi connectivity index (χ0) is 15.6. The molecule has 0 aliphatic heterocycles. The highest BCUT2D eigenvalue weighted by atomic mass is 79.9. The summed E-state index contributed by atoms with van der Waals surface area (Å²) in [6.45, 7) is 1.36. The van der Waals surface area contributed by atoms with Gasteiger partial charge >= 0.3 is 0 Å². The monoisotopic (exact) mass is 417 g/mol. The van der Waals surface area contributed by atoms with Crippen molar-refractivity contribution in [1.29, 1.82) is 0 Å². The summed E-state index contributed by atoms with van der Waals surface area (Å²) in [5.74, 6) is -0.594. The minimum atomic E-state index is -0.390. The van der Waals surface area contributed by atoms with Gasteiger partial charge in [0.05, 0.1) is 17.2 Å². The van der Waals surface area contributed by atoms with Gasteiger partial charge in [0.15, 0.2) is 0 Å². The first-order chi connectivity index (χ1) is 9.90. The average molecular weight is 419 g/mol. The molecule has 0 aliphatic rings.